The van der Waals surface area contributed by atoms with Gasteiger partial charge in [0, 0.05) is 18.6 Å². The molecule has 0 spiro atoms. The van der Waals surface area contributed by atoms with E-state index in [1.54, 1.807) is 35.1 Å². The lowest BCUT2D eigenvalue weighted by molar-refractivity contribution is -0.187. The van der Waals surface area contributed by atoms with Crippen LogP contribution in [-0.2, 0) is 16.0 Å². The van der Waals surface area contributed by atoms with E-state index in [4.69, 9.17) is 5.73 Å². The molecule has 0 saturated carbocycles. The van der Waals surface area contributed by atoms with Crippen molar-refractivity contribution in [3.8, 4) is 0 Å². The number of nitrogens with zero attached hydrogens (tertiary/aromatic N) is 2. The number of halogens is 3. The number of hydrogen-bond donors (Lipinski definition) is 1. The molecule has 2 aromatic rings. The zero-order valence-corrected chi connectivity index (χ0v) is 10.3. The van der Waals surface area contributed by atoms with Crippen molar-refractivity contribution < 1.29 is 22.7 Å². The highest BCUT2D eigenvalue weighted by atomic mass is 19.4. The molecule has 8 heteroatoms. The van der Waals surface area contributed by atoms with Crippen LogP contribution in [0.2, 0.25) is 0 Å². The topological polar surface area (TPSA) is 69.6 Å². The van der Waals surface area contributed by atoms with Crippen molar-refractivity contribution >= 4 is 11.6 Å². The average Bonchev–Trinajstić information content (AvgIpc) is 2.82. The molecule has 2 N–H and O–H groups in total. The first-order chi connectivity index (χ1) is 9.35. The fourth-order valence-electron chi connectivity index (χ4n) is 1.68. The molecule has 1 atom stereocenters. The number of carbonyl (C=O) groups excluding carboxylic acids is 1. The number of esters is 1. The van der Waals surface area contributed by atoms with Gasteiger partial charge in [-0.2, -0.15) is 13.2 Å². The van der Waals surface area contributed by atoms with Gasteiger partial charge in [-0.25, -0.2) is 4.98 Å². The van der Waals surface area contributed by atoms with Gasteiger partial charge in [0.2, 0.25) is 0 Å². The van der Waals surface area contributed by atoms with Crippen molar-refractivity contribution in [1.29, 1.82) is 0 Å². The Morgan fingerprint density at radius 2 is 2.20 bits per heavy atom. The first kappa shape index (κ1) is 14.3. The summed E-state index contributed by atoms with van der Waals surface area (Å²) in [6, 6.07) is 2.29. The Hall–Kier alpha value is -2.09. The zero-order valence-electron chi connectivity index (χ0n) is 10.3. The summed E-state index contributed by atoms with van der Waals surface area (Å²) in [5, 5.41) is 0. The van der Waals surface area contributed by atoms with Crippen molar-refractivity contribution in [3.05, 3.63) is 36.3 Å². The van der Waals surface area contributed by atoms with E-state index in [0.717, 1.165) is 5.65 Å². The minimum absolute atomic E-state index is 0.0881. The Kier molecular flexibility index (Phi) is 3.93. The number of carbonyl (C=O) groups is 1. The minimum atomic E-state index is -4.55. The maximum Gasteiger partial charge on any atom is 0.422 e. The Balaban J connectivity index is 1.96. The van der Waals surface area contributed by atoms with Crippen LogP contribution >= 0.6 is 0 Å². The molecule has 0 bridgehead atoms. The minimum Gasteiger partial charge on any atom is -0.455 e. The zero-order chi connectivity index (χ0) is 14.8. The quantitative estimate of drug-likeness (QED) is 0.861. The van der Waals surface area contributed by atoms with Crippen molar-refractivity contribution in [2.75, 3.05) is 6.61 Å². The van der Waals surface area contributed by atoms with Gasteiger partial charge < -0.3 is 14.9 Å². The van der Waals surface area contributed by atoms with E-state index in [1.807, 2.05) is 0 Å². The molecule has 0 aromatic carbocycles. The summed E-state index contributed by atoms with van der Waals surface area (Å²) in [6.07, 6.45) is 0.568. The number of aromatic nitrogens is 2. The van der Waals surface area contributed by atoms with Gasteiger partial charge in [0.25, 0.3) is 0 Å². The summed E-state index contributed by atoms with van der Waals surface area (Å²) in [7, 11) is 0. The third-order valence-corrected chi connectivity index (χ3v) is 2.59. The van der Waals surface area contributed by atoms with Crippen LogP contribution < -0.4 is 5.73 Å². The maximum atomic E-state index is 11.9. The van der Waals surface area contributed by atoms with Crippen LogP contribution in [0.4, 0.5) is 13.2 Å². The molecule has 0 radical (unpaired) electrons. The SMILES string of the molecule is N[C@@H](Cc1ccc2nccn2c1)C(=O)OCC(F)(F)F. The second-order valence-electron chi connectivity index (χ2n) is 4.26. The second-order valence-corrected chi connectivity index (χ2v) is 4.26. The molecule has 0 aliphatic rings. The Bertz CT molecular complexity index is 609. The van der Waals surface area contributed by atoms with Crippen LogP contribution in [0, 0.1) is 0 Å². The van der Waals surface area contributed by atoms with Gasteiger partial charge in [-0.1, -0.05) is 6.07 Å². The molecule has 2 aromatic heterocycles. The molecule has 0 saturated heterocycles. The van der Waals surface area contributed by atoms with E-state index >= 15 is 0 Å². The fraction of sp³-hybridized carbons (Fsp3) is 0.333. The van der Waals surface area contributed by atoms with Crippen molar-refractivity contribution in [2.24, 2.45) is 5.73 Å². The largest absolute Gasteiger partial charge is 0.455 e. The first-order valence-electron chi connectivity index (χ1n) is 5.76. The smallest absolute Gasteiger partial charge is 0.422 e. The second kappa shape index (κ2) is 5.49. The van der Waals surface area contributed by atoms with Gasteiger partial charge in [0.15, 0.2) is 6.61 Å². The summed E-state index contributed by atoms with van der Waals surface area (Å²) in [6.45, 7) is -1.62. The van der Waals surface area contributed by atoms with Crippen LogP contribution in [0.25, 0.3) is 5.65 Å². The lowest BCUT2D eigenvalue weighted by Gasteiger charge is -2.13. The van der Waals surface area contributed by atoms with Crippen LogP contribution in [0.3, 0.4) is 0 Å². The van der Waals surface area contributed by atoms with E-state index in [0.29, 0.717) is 5.56 Å². The van der Waals surface area contributed by atoms with Crippen molar-refractivity contribution in [3.63, 3.8) is 0 Å². The molecule has 108 valence electrons. The third-order valence-electron chi connectivity index (χ3n) is 2.59. The molecule has 0 aliphatic heterocycles. The lowest BCUT2D eigenvalue weighted by Crippen LogP contribution is -2.36. The fourth-order valence-corrected chi connectivity index (χ4v) is 1.68. The van der Waals surface area contributed by atoms with Crippen molar-refractivity contribution in [2.45, 2.75) is 18.6 Å². The summed E-state index contributed by atoms with van der Waals surface area (Å²) in [5.74, 6) is -1.08. The van der Waals surface area contributed by atoms with Crippen LogP contribution in [0.1, 0.15) is 5.56 Å². The van der Waals surface area contributed by atoms with Crippen LogP contribution in [0.15, 0.2) is 30.7 Å². The molecular formula is C12H12F3N3O2. The Labute approximate surface area is 112 Å². The maximum absolute atomic E-state index is 11.9. The standard InChI is InChI=1S/C12H12F3N3O2/c13-12(14,15)7-20-11(19)9(16)5-8-1-2-10-17-3-4-18(10)6-8/h1-4,6,9H,5,7,16H2/t9-/m0/s1. The monoisotopic (exact) mass is 287 g/mol. The molecule has 0 amide bonds. The molecule has 2 rings (SSSR count). The van der Waals surface area contributed by atoms with Crippen LogP contribution in [-0.4, -0.2) is 34.2 Å². The first-order valence-corrected chi connectivity index (χ1v) is 5.76. The summed E-state index contributed by atoms with van der Waals surface area (Å²) in [4.78, 5) is 15.4. The normalized spacial score (nSPS) is 13.4. The number of alkyl halides is 3. The van der Waals surface area contributed by atoms with E-state index in [1.165, 1.54) is 0 Å². The number of nitrogens with two attached hydrogens (primary N) is 1. The number of ether oxygens (including phenoxy) is 1. The molecule has 2 heterocycles. The van der Waals surface area contributed by atoms with E-state index < -0.39 is 24.8 Å². The number of rotatable bonds is 4. The number of imidazole rings is 1. The molecule has 20 heavy (non-hydrogen) atoms. The predicted molar refractivity (Wildman–Crippen MR) is 63.9 cm³/mol. The average molecular weight is 287 g/mol. The summed E-state index contributed by atoms with van der Waals surface area (Å²) in [5.41, 5.74) is 6.96. The number of pyridine rings is 1. The highest BCUT2D eigenvalue weighted by Crippen LogP contribution is 2.15. The summed E-state index contributed by atoms with van der Waals surface area (Å²) >= 11 is 0. The van der Waals surface area contributed by atoms with Gasteiger partial charge >= 0.3 is 12.1 Å². The molecule has 0 fully saturated rings. The molecule has 0 unspecified atom stereocenters. The van der Waals surface area contributed by atoms with E-state index in [2.05, 4.69) is 9.72 Å². The van der Waals surface area contributed by atoms with Gasteiger partial charge in [0.05, 0.1) is 0 Å². The number of hydrogen-bond acceptors (Lipinski definition) is 4. The van der Waals surface area contributed by atoms with Gasteiger partial charge in [0.1, 0.15) is 11.7 Å². The number of fused-ring (bicyclic) bond motifs is 1. The molecular weight excluding hydrogens is 275 g/mol. The lowest BCUT2D eigenvalue weighted by atomic mass is 10.1. The van der Waals surface area contributed by atoms with E-state index in [-0.39, 0.29) is 6.42 Å². The highest BCUT2D eigenvalue weighted by molar-refractivity contribution is 5.75. The molecule has 0 aliphatic carbocycles. The van der Waals surface area contributed by atoms with Crippen molar-refractivity contribution in [1.82, 2.24) is 9.38 Å². The highest BCUT2D eigenvalue weighted by Gasteiger charge is 2.30. The predicted octanol–water partition coefficient (Wildman–Crippen LogP) is 1.31. The van der Waals surface area contributed by atoms with E-state index in [9.17, 15) is 18.0 Å². The third kappa shape index (κ3) is 3.70. The summed E-state index contributed by atoms with van der Waals surface area (Å²) < 4.78 is 41.6. The van der Waals surface area contributed by atoms with Gasteiger partial charge in [-0.3, -0.25) is 4.79 Å². The van der Waals surface area contributed by atoms with Gasteiger partial charge in [-0.15, -0.1) is 0 Å². The molecule has 5 nitrogen and oxygen atoms in total. The van der Waals surface area contributed by atoms with Gasteiger partial charge in [-0.05, 0) is 18.1 Å². The Morgan fingerprint density at radius 1 is 1.45 bits per heavy atom. The Morgan fingerprint density at radius 3 is 2.90 bits per heavy atom. The van der Waals surface area contributed by atoms with Crippen LogP contribution in [0.5, 0.6) is 0 Å².